The maximum atomic E-state index is 11.5. The molecule has 0 aliphatic rings. The van der Waals surface area contributed by atoms with Gasteiger partial charge in [0.2, 0.25) is 10.0 Å². The van der Waals surface area contributed by atoms with Crippen LogP contribution in [0.2, 0.25) is 5.02 Å². The summed E-state index contributed by atoms with van der Waals surface area (Å²) in [4.78, 5) is 4.39. The first-order valence-electron chi connectivity index (χ1n) is 6.69. The third-order valence-corrected chi connectivity index (χ3v) is 5.53. The van der Waals surface area contributed by atoms with Crippen molar-refractivity contribution in [1.29, 1.82) is 0 Å². The van der Waals surface area contributed by atoms with Crippen molar-refractivity contribution >= 4 is 48.5 Å². The third kappa shape index (κ3) is 3.40. The van der Waals surface area contributed by atoms with Gasteiger partial charge in [-0.2, -0.15) is 0 Å². The van der Waals surface area contributed by atoms with E-state index in [9.17, 15) is 8.42 Å². The van der Waals surface area contributed by atoms with Crippen LogP contribution in [0.5, 0.6) is 0 Å². The fraction of sp³-hybridized carbons (Fsp3) is 0.0625. The highest BCUT2D eigenvalue weighted by Crippen LogP contribution is 2.28. The van der Waals surface area contributed by atoms with E-state index >= 15 is 0 Å². The Labute approximate surface area is 147 Å². The topological polar surface area (TPSA) is 73.1 Å². The number of para-hydroxylation sites is 1. The molecule has 0 bridgehead atoms. The highest BCUT2D eigenvalue weighted by atomic mass is 79.9. The van der Waals surface area contributed by atoms with Crippen LogP contribution in [-0.2, 0) is 16.4 Å². The van der Waals surface area contributed by atoms with E-state index in [1.165, 1.54) is 6.07 Å². The van der Waals surface area contributed by atoms with Crippen molar-refractivity contribution in [2.75, 3.05) is 0 Å². The first-order chi connectivity index (χ1) is 10.9. The number of aromatic nitrogens is 1. The van der Waals surface area contributed by atoms with E-state index in [0.717, 1.165) is 26.5 Å². The van der Waals surface area contributed by atoms with E-state index in [4.69, 9.17) is 16.7 Å². The lowest BCUT2D eigenvalue weighted by atomic mass is 10.0. The number of nitrogens with zero attached hydrogens (tertiary/aromatic N) is 1. The van der Waals surface area contributed by atoms with E-state index in [1.807, 2.05) is 18.2 Å². The van der Waals surface area contributed by atoms with E-state index < -0.39 is 10.0 Å². The number of nitrogens with two attached hydrogens (primary N) is 1. The van der Waals surface area contributed by atoms with Crippen molar-refractivity contribution in [2.45, 2.75) is 11.3 Å². The maximum Gasteiger partial charge on any atom is 0.238 e. The quantitative estimate of drug-likeness (QED) is 0.710. The smallest absolute Gasteiger partial charge is 0.238 e. The normalized spacial score (nSPS) is 11.8. The summed E-state index contributed by atoms with van der Waals surface area (Å²) in [5, 5.41) is 6.73. The van der Waals surface area contributed by atoms with Gasteiger partial charge in [-0.05, 0) is 47.9 Å². The Kier molecular flexibility index (Phi) is 4.42. The molecule has 0 fully saturated rings. The number of sulfonamides is 1. The Bertz CT molecular complexity index is 1010. The predicted molar refractivity (Wildman–Crippen MR) is 95.1 cm³/mol. The predicted octanol–water partition coefficient (Wildman–Crippen LogP) is 3.89. The largest absolute Gasteiger partial charge is 0.255 e. The van der Waals surface area contributed by atoms with Gasteiger partial charge >= 0.3 is 0 Å². The summed E-state index contributed by atoms with van der Waals surface area (Å²) in [5.74, 6) is 0. The minimum absolute atomic E-state index is 0.0899. The number of hydrogen-bond acceptors (Lipinski definition) is 3. The summed E-state index contributed by atoms with van der Waals surface area (Å²) in [5.41, 5.74) is 2.55. The molecule has 0 saturated carbocycles. The Morgan fingerprint density at radius 2 is 1.91 bits per heavy atom. The highest BCUT2D eigenvalue weighted by molar-refractivity contribution is 9.10. The first-order valence-corrected chi connectivity index (χ1v) is 9.41. The highest BCUT2D eigenvalue weighted by Gasteiger charge is 2.12. The summed E-state index contributed by atoms with van der Waals surface area (Å²) in [6.45, 7) is 0. The second-order valence-electron chi connectivity index (χ2n) is 5.08. The molecule has 3 rings (SSSR count). The Balaban J connectivity index is 2.11. The molecule has 0 saturated heterocycles. The molecule has 0 radical (unpaired) electrons. The van der Waals surface area contributed by atoms with Gasteiger partial charge in [0.1, 0.15) is 0 Å². The lowest BCUT2D eigenvalue weighted by Gasteiger charge is -2.10. The summed E-state index contributed by atoms with van der Waals surface area (Å²) in [7, 11) is -3.74. The molecule has 23 heavy (non-hydrogen) atoms. The minimum atomic E-state index is -3.74. The van der Waals surface area contributed by atoms with Crippen LogP contribution in [0, 0.1) is 0 Å². The number of benzene rings is 2. The van der Waals surface area contributed by atoms with Gasteiger partial charge in [-0.15, -0.1) is 0 Å². The van der Waals surface area contributed by atoms with Gasteiger partial charge in [-0.1, -0.05) is 39.7 Å². The van der Waals surface area contributed by atoms with E-state index in [2.05, 4.69) is 20.9 Å². The fourth-order valence-electron chi connectivity index (χ4n) is 2.42. The number of halogens is 2. The molecule has 0 unspecified atom stereocenters. The van der Waals surface area contributed by atoms with Crippen LogP contribution in [0.1, 0.15) is 11.1 Å². The van der Waals surface area contributed by atoms with E-state index in [1.54, 1.807) is 24.4 Å². The third-order valence-electron chi connectivity index (χ3n) is 3.54. The first kappa shape index (κ1) is 16.4. The average Bonchev–Trinajstić information content (AvgIpc) is 2.49. The summed E-state index contributed by atoms with van der Waals surface area (Å²) >= 11 is 9.64. The zero-order chi connectivity index (χ0) is 16.6. The van der Waals surface area contributed by atoms with Crippen molar-refractivity contribution in [3.8, 4) is 0 Å². The Hall–Kier alpha value is -1.47. The molecule has 1 aromatic heterocycles. The molecule has 0 aliphatic heterocycles. The zero-order valence-electron chi connectivity index (χ0n) is 11.8. The number of hydrogen-bond donors (Lipinski definition) is 1. The number of primary sulfonamides is 1. The van der Waals surface area contributed by atoms with E-state index in [0.29, 0.717) is 11.4 Å². The Morgan fingerprint density at radius 1 is 1.13 bits per heavy atom. The fourth-order valence-corrected chi connectivity index (χ4v) is 3.59. The van der Waals surface area contributed by atoms with Crippen LogP contribution in [0.15, 0.2) is 58.0 Å². The second-order valence-corrected chi connectivity index (χ2v) is 7.90. The molecule has 2 N–H and O–H groups in total. The maximum absolute atomic E-state index is 11.5. The van der Waals surface area contributed by atoms with Gasteiger partial charge in [-0.25, -0.2) is 13.6 Å². The van der Waals surface area contributed by atoms with Crippen molar-refractivity contribution in [1.82, 2.24) is 4.98 Å². The number of rotatable bonds is 3. The molecule has 3 aromatic rings. The zero-order valence-corrected chi connectivity index (χ0v) is 15.0. The minimum Gasteiger partial charge on any atom is -0.255 e. The van der Waals surface area contributed by atoms with Gasteiger partial charge in [-0.3, -0.25) is 4.98 Å². The van der Waals surface area contributed by atoms with Crippen LogP contribution in [0.3, 0.4) is 0 Å². The van der Waals surface area contributed by atoms with Gasteiger partial charge in [0, 0.05) is 16.1 Å². The molecule has 0 aliphatic carbocycles. The SMILES string of the molecule is NS(=O)(=O)c1ccc(Br)c(Cc2ccnc3c(Cl)cccc23)c1. The standard InChI is InChI=1S/C16H12BrClN2O2S/c17-14-5-4-12(23(19,21)22)9-11(14)8-10-6-7-20-16-13(10)2-1-3-15(16)18/h1-7,9H,8H2,(H2,19,21,22). The van der Waals surface area contributed by atoms with Crippen LogP contribution < -0.4 is 5.14 Å². The lowest BCUT2D eigenvalue weighted by molar-refractivity contribution is 0.597. The van der Waals surface area contributed by atoms with Crippen LogP contribution in [0.25, 0.3) is 10.9 Å². The van der Waals surface area contributed by atoms with Crippen molar-refractivity contribution in [3.63, 3.8) is 0 Å². The molecule has 0 spiro atoms. The van der Waals surface area contributed by atoms with Crippen LogP contribution >= 0.6 is 27.5 Å². The Morgan fingerprint density at radius 3 is 2.65 bits per heavy atom. The average molecular weight is 412 g/mol. The monoisotopic (exact) mass is 410 g/mol. The second kappa shape index (κ2) is 6.20. The van der Waals surface area contributed by atoms with Crippen LogP contribution in [0.4, 0.5) is 0 Å². The van der Waals surface area contributed by atoms with Gasteiger partial charge in [0.15, 0.2) is 0 Å². The van der Waals surface area contributed by atoms with Gasteiger partial charge in [0.05, 0.1) is 15.4 Å². The molecule has 0 atom stereocenters. The molecule has 1 heterocycles. The van der Waals surface area contributed by atoms with Crippen molar-refractivity contribution in [3.05, 3.63) is 69.3 Å². The molecule has 2 aromatic carbocycles. The lowest BCUT2D eigenvalue weighted by Crippen LogP contribution is -2.12. The van der Waals surface area contributed by atoms with Gasteiger partial charge < -0.3 is 0 Å². The molecule has 4 nitrogen and oxygen atoms in total. The molecular formula is C16H12BrClN2O2S. The number of fused-ring (bicyclic) bond motifs is 1. The summed E-state index contributed by atoms with van der Waals surface area (Å²) < 4.78 is 23.9. The summed E-state index contributed by atoms with van der Waals surface area (Å²) in [6, 6.07) is 12.2. The van der Waals surface area contributed by atoms with E-state index in [-0.39, 0.29) is 4.90 Å². The molecule has 7 heteroatoms. The van der Waals surface area contributed by atoms with Crippen molar-refractivity contribution < 1.29 is 8.42 Å². The van der Waals surface area contributed by atoms with Gasteiger partial charge in [0.25, 0.3) is 0 Å². The number of pyridine rings is 1. The molecule has 0 amide bonds. The van der Waals surface area contributed by atoms with Crippen LogP contribution in [-0.4, -0.2) is 13.4 Å². The molecular weight excluding hydrogens is 400 g/mol. The van der Waals surface area contributed by atoms with Crippen molar-refractivity contribution in [2.24, 2.45) is 5.14 Å². The molecule has 118 valence electrons. The summed E-state index contributed by atoms with van der Waals surface area (Å²) in [6.07, 6.45) is 2.23.